The molecule has 8 nitrogen and oxygen atoms in total. The minimum Gasteiger partial charge on any atom is -0.478 e. The zero-order chi connectivity index (χ0) is 19.3. The number of pyridine rings is 1. The smallest absolute Gasteiger partial charge is 0.337 e. The van der Waals surface area contributed by atoms with Gasteiger partial charge in [0.15, 0.2) is 0 Å². The van der Waals surface area contributed by atoms with Gasteiger partial charge in [-0.15, -0.1) is 0 Å². The molecule has 0 radical (unpaired) electrons. The lowest BCUT2D eigenvalue weighted by Crippen LogP contribution is -2.19. The van der Waals surface area contributed by atoms with E-state index in [1.54, 1.807) is 31.3 Å². The fraction of sp³-hybridized carbons (Fsp3) is 0.0526. The highest BCUT2D eigenvalue weighted by atomic mass is 16.6. The van der Waals surface area contributed by atoms with Gasteiger partial charge in [0.05, 0.1) is 16.0 Å². The molecule has 0 spiro atoms. The molecule has 2 heterocycles. The third-order valence-electron chi connectivity index (χ3n) is 4.62. The van der Waals surface area contributed by atoms with Gasteiger partial charge in [-0.3, -0.25) is 14.9 Å². The molecule has 0 unspecified atom stereocenters. The number of para-hydroxylation sites is 1. The van der Waals surface area contributed by atoms with Gasteiger partial charge in [0.2, 0.25) is 0 Å². The first kappa shape index (κ1) is 16.5. The minimum atomic E-state index is -1.15. The molecule has 8 heteroatoms. The Bertz CT molecular complexity index is 1300. The first-order valence-electron chi connectivity index (χ1n) is 8.01. The molecular formula is C19H13N3O5. The maximum atomic E-state index is 13.0. The number of carbonyl (C=O) groups is 1. The number of fused-ring (bicyclic) bond motifs is 3. The Labute approximate surface area is 151 Å². The van der Waals surface area contributed by atoms with Gasteiger partial charge in [-0.05, 0) is 18.2 Å². The molecule has 1 N–H and O–H groups in total. The van der Waals surface area contributed by atoms with Crippen molar-refractivity contribution in [2.45, 2.75) is 0 Å². The number of aryl methyl sites for hydroxylation is 1. The van der Waals surface area contributed by atoms with Crippen LogP contribution in [0.25, 0.3) is 27.5 Å². The molecule has 0 atom stereocenters. The van der Waals surface area contributed by atoms with Crippen LogP contribution in [0.2, 0.25) is 0 Å². The maximum Gasteiger partial charge on any atom is 0.337 e. The first-order chi connectivity index (χ1) is 12.9. The number of hydrogen-bond acceptors (Lipinski definition) is 4. The number of rotatable bonds is 3. The highest BCUT2D eigenvalue weighted by molar-refractivity contribution is 6.15. The second-order valence-electron chi connectivity index (χ2n) is 6.10. The molecule has 4 rings (SSSR count). The molecule has 2 aromatic heterocycles. The molecule has 0 aliphatic heterocycles. The number of benzene rings is 2. The summed E-state index contributed by atoms with van der Waals surface area (Å²) >= 11 is 0. The van der Waals surface area contributed by atoms with Crippen LogP contribution >= 0.6 is 0 Å². The predicted molar refractivity (Wildman–Crippen MR) is 99.6 cm³/mol. The molecule has 4 aromatic rings. The number of hydrogen-bond donors (Lipinski definition) is 1. The van der Waals surface area contributed by atoms with Crippen LogP contribution in [-0.2, 0) is 7.05 Å². The lowest BCUT2D eigenvalue weighted by atomic mass is 10.1. The number of non-ortho nitro benzene ring substituents is 1. The van der Waals surface area contributed by atoms with Gasteiger partial charge < -0.3 is 14.2 Å². The van der Waals surface area contributed by atoms with E-state index in [-0.39, 0.29) is 22.3 Å². The van der Waals surface area contributed by atoms with Crippen molar-refractivity contribution in [3.8, 4) is 5.69 Å². The van der Waals surface area contributed by atoms with Gasteiger partial charge in [-0.1, -0.05) is 18.2 Å². The normalized spacial score (nSPS) is 11.1. The van der Waals surface area contributed by atoms with Crippen LogP contribution in [0, 0.1) is 10.1 Å². The number of nitro benzene ring substituents is 1. The second kappa shape index (κ2) is 5.80. The van der Waals surface area contributed by atoms with Crippen molar-refractivity contribution in [3.05, 3.63) is 80.8 Å². The zero-order valence-electron chi connectivity index (χ0n) is 14.1. The quantitative estimate of drug-likeness (QED) is 0.444. The summed E-state index contributed by atoms with van der Waals surface area (Å²) in [6.07, 6.45) is 1.38. The van der Waals surface area contributed by atoms with E-state index in [0.29, 0.717) is 22.0 Å². The van der Waals surface area contributed by atoms with Gasteiger partial charge in [-0.25, -0.2) is 4.79 Å². The van der Waals surface area contributed by atoms with Crippen molar-refractivity contribution in [1.29, 1.82) is 0 Å². The Morgan fingerprint density at radius 3 is 2.41 bits per heavy atom. The van der Waals surface area contributed by atoms with Crippen LogP contribution in [-0.4, -0.2) is 25.1 Å². The van der Waals surface area contributed by atoms with E-state index >= 15 is 0 Å². The molecule has 27 heavy (non-hydrogen) atoms. The Hall–Kier alpha value is -3.94. The average Bonchev–Trinajstić information content (AvgIpc) is 3.07. The number of carboxylic acid groups (broad SMARTS) is 1. The Kier molecular flexibility index (Phi) is 3.55. The first-order valence-corrected chi connectivity index (χ1v) is 8.01. The van der Waals surface area contributed by atoms with Gasteiger partial charge in [0, 0.05) is 41.8 Å². The molecule has 0 bridgehead atoms. The van der Waals surface area contributed by atoms with Crippen LogP contribution in [0.15, 0.2) is 59.5 Å². The fourth-order valence-electron chi connectivity index (χ4n) is 3.34. The standard InChI is InChI=1S/C19H13N3O5/c1-20-15-5-3-2-4-13(15)16-14(19(24)25)10-21(17(16)18(20)23)11-6-8-12(9-7-11)22(26)27/h2-10H,1H3,(H,24,25). The zero-order valence-corrected chi connectivity index (χ0v) is 14.1. The van der Waals surface area contributed by atoms with Crippen LogP contribution in [0.5, 0.6) is 0 Å². The van der Waals surface area contributed by atoms with Crippen molar-refractivity contribution in [2.24, 2.45) is 7.05 Å². The maximum absolute atomic E-state index is 13.0. The van der Waals surface area contributed by atoms with Gasteiger partial charge >= 0.3 is 5.97 Å². The van der Waals surface area contributed by atoms with E-state index in [2.05, 4.69) is 0 Å². The van der Waals surface area contributed by atoms with Crippen molar-refractivity contribution in [3.63, 3.8) is 0 Å². The largest absolute Gasteiger partial charge is 0.478 e. The summed E-state index contributed by atoms with van der Waals surface area (Å²) in [5.74, 6) is -1.15. The summed E-state index contributed by atoms with van der Waals surface area (Å²) in [6.45, 7) is 0. The Morgan fingerprint density at radius 1 is 1.11 bits per heavy atom. The Balaban J connectivity index is 2.15. The SMILES string of the molecule is Cn1c(=O)c2c(c(C(=O)O)cn2-c2ccc([N+](=O)[O-])cc2)c2ccccc21. The lowest BCUT2D eigenvalue weighted by molar-refractivity contribution is -0.384. The van der Waals surface area contributed by atoms with Crippen molar-refractivity contribution < 1.29 is 14.8 Å². The van der Waals surface area contributed by atoms with E-state index in [1.165, 1.54) is 39.6 Å². The summed E-state index contributed by atoms with van der Waals surface area (Å²) in [6, 6.07) is 12.7. The van der Waals surface area contributed by atoms with E-state index in [4.69, 9.17) is 0 Å². The van der Waals surface area contributed by atoms with Crippen LogP contribution < -0.4 is 5.56 Å². The Morgan fingerprint density at radius 2 is 1.78 bits per heavy atom. The number of aromatic carboxylic acids is 1. The number of carboxylic acids is 1. The molecule has 2 aromatic carbocycles. The number of nitrogens with zero attached hydrogens (tertiary/aromatic N) is 3. The summed E-state index contributed by atoms with van der Waals surface area (Å²) in [5.41, 5.74) is 0.853. The fourth-order valence-corrected chi connectivity index (χ4v) is 3.34. The molecule has 0 fully saturated rings. The van der Waals surface area contributed by atoms with E-state index < -0.39 is 10.9 Å². The van der Waals surface area contributed by atoms with Crippen LogP contribution in [0.1, 0.15) is 10.4 Å². The molecule has 0 aliphatic carbocycles. The van der Waals surface area contributed by atoms with Gasteiger partial charge in [-0.2, -0.15) is 0 Å². The van der Waals surface area contributed by atoms with E-state index in [1.807, 2.05) is 0 Å². The average molecular weight is 363 g/mol. The molecule has 0 saturated carbocycles. The van der Waals surface area contributed by atoms with E-state index in [9.17, 15) is 24.8 Å². The number of aromatic nitrogens is 2. The highest BCUT2D eigenvalue weighted by Crippen LogP contribution is 2.30. The molecule has 0 saturated heterocycles. The van der Waals surface area contributed by atoms with Crippen molar-refractivity contribution in [1.82, 2.24) is 9.13 Å². The van der Waals surface area contributed by atoms with Crippen LogP contribution in [0.3, 0.4) is 0 Å². The number of nitro groups is 1. The van der Waals surface area contributed by atoms with Gasteiger partial charge in [0.1, 0.15) is 5.52 Å². The summed E-state index contributed by atoms with van der Waals surface area (Å²) in [5, 5.41) is 21.5. The van der Waals surface area contributed by atoms with Gasteiger partial charge in [0.25, 0.3) is 11.2 Å². The summed E-state index contributed by atoms with van der Waals surface area (Å²) < 4.78 is 2.93. The molecule has 0 amide bonds. The molecule has 134 valence electrons. The van der Waals surface area contributed by atoms with E-state index in [0.717, 1.165) is 0 Å². The third-order valence-corrected chi connectivity index (χ3v) is 4.62. The summed E-state index contributed by atoms with van der Waals surface area (Å²) in [4.78, 5) is 35.2. The predicted octanol–water partition coefficient (Wildman–Crippen LogP) is 3.09. The second-order valence-corrected chi connectivity index (χ2v) is 6.10. The summed E-state index contributed by atoms with van der Waals surface area (Å²) in [7, 11) is 1.62. The third kappa shape index (κ3) is 2.38. The highest BCUT2D eigenvalue weighted by Gasteiger charge is 2.22. The minimum absolute atomic E-state index is 0.00254. The topological polar surface area (TPSA) is 107 Å². The monoisotopic (exact) mass is 363 g/mol. The van der Waals surface area contributed by atoms with Crippen molar-refractivity contribution in [2.75, 3.05) is 0 Å². The molecular weight excluding hydrogens is 350 g/mol. The van der Waals surface area contributed by atoms with Crippen LogP contribution in [0.4, 0.5) is 5.69 Å². The van der Waals surface area contributed by atoms with Crippen molar-refractivity contribution >= 4 is 33.5 Å². The molecule has 0 aliphatic rings. The lowest BCUT2D eigenvalue weighted by Gasteiger charge is -2.09.